The molecule has 0 unspecified atom stereocenters. The average Bonchev–Trinajstić information content (AvgIpc) is 2.39. The van der Waals surface area contributed by atoms with Crippen LogP contribution in [-0.4, -0.2) is 29.7 Å². The Morgan fingerprint density at radius 2 is 1.95 bits per heavy atom. The van der Waals surface area contributed by atoms with Gasteiger partial charge in [0.1, 0.15) is 0 Å². The second-order valence-electron chi connectivity index (χ2n) is 4.96. The van der Waals surface area contributed by atoms with Crippen LogP contribution < -0.4 is 5.32 Å². The van der Waals surface area contributed by atoms with Gasteiger partial charge in [-0.05, 0) is 43.9 Å². The van der Waals surface area contributed by atoms with Crippen LogP contribution in [-0.2, 0) is 4.79 Å². The zero-order chi connectivity index (χ0) is 13.7. The van der Waals surface area contributed by atoms with Gasteiger partial charge in [-0.25, -0.2) is 0 Å². The summed E-state index contributed by atoms with van der Waals surface area (Å²) in [5.74, 6) is -0.0530. The lowest BCUT2D eigenvalue weighted by Crippen LogP contribution is -2.25. The number of rotatable bonds is 3. The Labute approximate surface area is 114 Å². The van der Waals surface area contributed by atoms with Gasteiger partial charge < -0.3 is 5.32 Å². The summed E-state index contributed by atoms with van der Waals surface area (Å²) in [6.07, 6.45) is 3.76. The molecule has 4 heteroatoms. The molecule has 1 heterocycles. The first-order valence-corrected chi connectivity index (χ1v) is 6.83. The standard InChI is InChI=1S/C15H21N3O/c1-12(17-18-9-4-3-5-10-18)14-7-6-8-15(11-14)16-13(2)19/h6-8,11H,3-5,9-10H2,1-2H3,(H,16,19)/b17-12+. The smallest absolute Gasteiger partial charge is 0.221 e. The molecule has 0 aromatic heterocycles. The number of piperidine rings is 1. The highest BCUT2D eigenvalue weighted by Crippen LogP contribution is 2.14. The van der Waals surface area contributed by atoms with Crippen molar-refractivity contribution in [3.8, 4) is 0 Å². The molecule has 1 saturated heterocycles. The number of nitrogens with zero attached hydrogens (tertiary/aromatic N) is 2. The van der Waals surface area contributed by atoms with Gasteiger partial charge in [0.05, 0.1) is 5.71 Å². The maximum absolute atomic E-state index is 11.1. The summed E-state index contributed by atoms with van der Waals surface area (Å²) in [7, 11) is 0. The Kier molecular flexibility index (Phi) is 4.55. The molecule has 1 aliphatic rings. The van der Waals surface area contributed by atoms with Crippen LogP contribution in [0.2, 0.25) is 0 Å². The predicted molar refractivity (Wildman–Crippen MR) is 78.4 cm³/mol. The van der Waals surface area contributed by atoms with E-state index in [4.69, 9.17) is 0 Å². The molecule has 0 spiro atoms. The van der Waals surface area contributed by atoms with Gasteiger partial charge >= 0.3 is 0 Å². The van der Waals surface area contributed by atoms with E-state index < -0.39 is 0 Å². The first-order chi connectivity index (χ1) is 9.15. The van der Waals surface area contributed by atoms with Gasteiger partial charge in [0, 0.05) is 25.7 Å². The minimum Gasteiger partial charge on any atom is -0.326 e. The molecule has 0 radical (unpaired) electrons. The predicted octanol–water partition coefficient (Wildman–Crippen LogP) is 2.85. The highest BCUT2D eigenvalue weighted by Gasteiger charge is 2.08. The van der Waals surface area contributed by atoms with Crippen LogP contribution in [0.25, 0.3) is 0 Å². The molecule has 1 aliphatic heterocycles. The van der Waals surface area contributed by atoms with Crippen molar-refractivity contribution in [3.63, 3.8) is 0 Å². The topological polar surface area (TPSA) is 44.7 Å². The molecular formula is C15H21N3O. The van der Waals surface area contributed by atoms with Crippen LogP contribution in [0.4, 0.5) is 5.69 Å². The lowest BCUT2D eigenvalue weighted by atomic mass is 10.1. The number of nitrogens with one attached hydrogen (secondary N) is 1. The molecule has 0 atom stereocenters. The maximum atomic E-state index is 11.1. The number of benzene rings is 1. The third-order valence-electron chi connectivity index (χ3n) is 3.22. The number of hydrazone groups is 1. The lowest BCUT2D eigenvalue weighted by Gasteiger charge is -2.24. The van der Waals surface area contributed by atoms with Crippen molar-refractivity contribution >= 4 is 17.3 Å². The summed E-state index contributed by atoms with van der Waals surface area (Å²) < 4.78 is 0. The number of amides is 1. The summed E-state index contributed by atoms with van der Waals surface area (Å²) in [4.78, 5) is 11.1. The van der Waals surface area contributed by atoms with Crippen LogP contribution in [0, 0.1) is 0 Å². The molecule has 1 aromatic rings. The van der Waals surface area contributed by atoms with Crippen molar-refractivity contribution in [2.24, 2.45) is 5.10 Å². The molecule has 102 valence electrons. The summed E-state index contributed by atoms with van der Waals surface area (Å²) >= 11 is 0. The van der Waals surface area contributed by atoms with Crippen molar-refractivity contribution in [1.82, 2.24) is 5.01 Å². The Hall–Kier alpha value is -1.84. The fourth-order valence-electron chi connectivity index (χ4n) is 2.27. The minimum absolute atomic E-state index is 0.0530. The quantitative estimate of drug-likeness (QED) is 0.848. The Bertz CT molecular complexity index is 476. The third kappa shape index (κ3) is 4.09. The number of carbonyl (C=O) groups is 1. The highest BCUT2D eigenvalue weighted by atomic mass is 16.1. The summed E-state index contributed by atoms with van der Waals surface area (Å²) in [6.45, 7) is 5.62. The summed E-state index contributed by atoms with van der Waals surface area (Å²) in [5.41, 5.74) is 2.86. The first-order valence-electron chi connectivity index (χ1n) is 6.83. The molecular weight excluding hydrogens is 238 g/mol. The summed E-state index contributed by atoms with van der Waals surface area (Å²) in [5, 5.41) is 9.60. The van der Waals surface area contributed by atoms with Gasteiger partial charge in [0.25, 0.3) is 0 Å². The molecule has 0 bridgehead atoms. The molecule has 1 N–H and O–H groups in total. The van der Waals surface area contributed by atoms with E-state index in [-0.39, 0.29) is 5.91 Å². The lowest BCUT2D eigenvalue weighted by molar-refractivity contribution is -0.114. The van der Waals surface area contributed by atoms with Gasteiger partial charge in [-0.2, -0.15) is 5.10 Å². The zero-order valence-corrected chi connectivity index (χ0v) is 11.6. The monoisotopic (exact) mass is 259 g/mol. The minimum atomic E-state index is -0.0530. The van der Waals surface area contributed by atoms with Crippen molar-refractivity contribution in [3.05, 3.63) is 29.8 Å². The normalized spacial score (nSPS) is 16.3. The van der Waals surface area contributed by atoms with E-state index in [9.17, 15) is 4.79 Å². The number of anilines is 1. The molecule has 1 fully saturated rings. The van der Waals surface area contributed by atoms with E-state index in [0.29, 0.717) is 0 Å². The van der Waals surface area contributed by atoms with E-state index >= 15 is 0 Å². The zero-order valence-electron chi connectivity index (χ0n) is 11.6. The third-order valence-corrected chi connectivity index (χ3v) is 3.22. The van der Waals surface area contributed by atoms with Gasteiger partial charge in [-0.15, -0.1) is 0 Å². The average molecular weight is 259 g/mol. The van der Waals surface area contributed by atoms with Crippen LogP contribution in [0.3, 0.4) is 0 Å². The molecule has 2 rings (SSSR count). The first kappa shape index (κ1) is 13.6. The van der Waals surface area contributed by atoms with Gasteiger partial charge in [-0.1, -0.05) is 12.1 Å². The Morgan fingerprint density at radius 3 is 2.63 bits per heavy atom. The van der Waals surface area contributed by atoms with Crippen LogP contribution in [0.1, 0.15) is 38.7 Å². The Balaban J connectivity index is 2.11. The van der Waals surface area contributed by atoms with Gasteiger partial charge in [-0.3, -0.25) is 9.80 Å². The number of hydrogen-bond acceptors (Lipinski definition) is 3. The highest BCUT2D eigenvalue weighted by molar-refractivity contribution is 6.00. The molecule has 1 aromatic carbocycles. The largest absolute Gasteiger partial charge is 0.326 e. The molecule has 1 amide bonds. The second kappa shape index (κ2) is 6.36. The molecule has 0 aliphatic carbocycles. The summed E-state index contributed by atoms with van der Waals surface area (Å²) in [6, 6.07) is 7.81. The van der Waals surface area contributed by atoms with Gasteiger partial charge in [0.15, 0.2) is 0 Å². The fraction of sp³-hybridized carbons (Fsp3) is 0.467. The fourth-order valence-corrected chi connectivity index (χ4v) is 2.27. The van der Waals surface area contributed by atoms with Crippen molar-refractivity contribution in [2.75, 3.05) is 18.4 Å². The SMILES string of the molecule is CC(=O)Nc1cccc(/C(C)=N/N2CCCCC2)c1. The van der Waals surface area contributed by atoms with Crippen molar-refractivity contribution in [2.45, 2.75) is 33.1 Å². The van der Waals surface area contributed by atoms with E-state index in [2.05, 4.69) is 15.4 Å². The second-order valence-corrected chi connectivity index (χ2v) is 4.96. The van der Waals surface area contributed by atoms with E-state index in [1.807, 2.05) is 31.2 Å². The molecule has 4 nitrogen and oxygen atoms in total. The van der Waals surface area contributed by atoms with Crippen LogP contribution in [0.5, 0.6) is 0 Å². The number of hydrogen-bond donors (Lipinski definition) is 1. The Morgan fingerprint density at radius 1 is 1.21 bits per heavy atom. The maximum Gasteiger partial charge on any atom is 0.221 e. The van der Waals surface area contributed by atoms with Gasteiger partial charge in [0.2, 0.25) is 5.91 Å². The molecule has 0 saturated carbocycles. The van der Waals surface area contributed by atoms with Crippen LogP contribution in [0.15, 0.2) is 29.4 Å². The van der Waals surface area contributed by atoms with Crippen molar-refractivity contribution in [1.29, 1.82) is 0 Å². The van der Waals surface area contributed by atoms with E-state index in [1.165, 1.54) is 26.2 Å². The van der Waals surface area contributed by atoms with E-state index in [0.717, 1.165) is 30.1 Å². The van der Waals surface area contributed by atoms with E-state index in [1.54, 1.807) is 0 Å². The molecule has 19 heavy (non-hydrogen) atoms. The van der Waals surface area contributed by atoms with Crippen LogP contribution >= 0.6 is 0 Å². The van der Waals surface area contributed by atoms with Crippen molar-refractivity contribution < 1.29 is 4.79 Å². The number of carbonyl (C=O) groups excluding carboxylic acids is 1.